The van der Waals surface area contributed by atoms with Crippen LogP contribution in [0, 0.1) is 0 Å². The lowest BCUT2D eigenvalue weighted by atomic mass is 10.3. The molecule has 0 amide bonds. The lowest BCUT2D eigenvalue weighted by Gasteiger charge is -2.14. The van der Waals surface area contributed by atoms with Crippen LogP contribution in [0.15, 0.2) is 0 Å². The topological polar surface area (TPSA) is 36.9 Å². The fraction of sp³-hybridized carbons (Fsp3) is 1.00. The minimum atomic E-state index is -0.183. The van der Waals surface area contributed by atoms with Crippen molar-refractivity contribution in [1.82, 2.24) is 0 Å². The van der Waals surface area contributed by atoms with Gasteiger partial charge < -0.3 is 18.9 Å². The van der Waals surface area contributed by atoms with Gasteiger partial charge in [0.25, 0.3) is 0 Å². The largest absolute Gasteiger partial charge is 0.347 e. The van der Waals surface area contributed by atoms with E-state index in [0.717, 1.165) is 0 Å². The summed E-state index contributed by atoms with van der Waals surface area (Å²) in [5, 5.41) is 0. The fourth-order valence-corrected chi connectivity index (χ4v) is 1.84. The molecule has 4 nitrogen and oxygen atoms in total. The summed E-state index contributed by atoms with van der Waals surface area (Å²) in [5.74, 6) is 0. The summed E-state index contributed by atoms with van der Waals surface area (Å²) in [4.78, 5) is 0. The van der Waals surface area contributed by atoms with Crippen molar-refractivity contribution in [2.24, 2.45) is 0 Å². The van der Waals surface area contributed by atoms with E-state index < -0.39 is 0 Å². The van der Waals surface area contributed by atoms with Gasteiger partial charge in [0.1, 0.15) is 0 Å². The third-order valence-corrected chi connectivity index (χ3v) is 3.17. The molecule has 0 aromatic heterocycles. The van der Waals surface area contributed by atoms with Gasteiger partial charge in [-0.15, -0.1) is 0 Å². The Morgan fingerprint density at radius 3 is 1.13 bits per heavy atom. The van der Waals surface area contributed by atoms with E-state index in [9.17, 15) is 0 Å². The highest BCUT2D eigenvalue weighted by Gasteiger charge is 2.36. The predicted molar refractivity (Wildman–Crippen MR) is 54.4 cm³/mol. The van der Waals surface area contributed by atoms with Crippen molar-refractivity contribution in [2.45, 2.75) is 71.1 Å². The maximum absolute atomic E-state index is 5.62. The molecule has 0 aromatic carbocycles. The zero-order chi connectivity index (χ0) is 11.0. The van der Waals surface area contributed by atoms with Gasteiger partial charge in [-0.2, -0.15) is 0 Å². The first kappa shape index (κ1) is 11.3. The second-order valence-corrected chi connectivity index (χ2v) is 4.46. The van der Waals surface area contributed by atoms with Gasteiger partial charge in [-0.3, -0.25) is 0 Å². The summed E-state index contributed by atoms with van der Waals surface area (Å²) >= 11 is 0. The molecule has 0 radical (unpaired) electrons. The molecule has 2 fully saturated rings. The molecule has 4 atom stereocenters. The van der Waals surface area contributed by atoms with Crippen molar-refractivity contribution < 1.29 is 18.9 Å². The van der Waals surface area contributed by atoms with E-state index in [-0.39, 0.29) is 37.0 Å². The molecule has 0 spiro atoms. The van der Waals surface area contributed by atoms with Gasteiger partial charge in [0.2, 0.25) is 0 Å². The van der Waals surface area contributed by atoms with Crippen LogP contribution in [0.3, 0.4) is 0 Å². The Morgan fingerprint density at radius 2 is 0.867 bits per heavy atom. The Labute approximate surface area is 90.8 Å². The SMILES string of the molecule is C[C@@H]1OC(CC2O[C@@H](C)[C@H](C)O2)O[C@H]1C. The molecule has 4 heteroatoms. The van der Waals surface area contributed by atoms with Crippen LogP contribution in [0.1, 0.15) is 34.1 Å². The quantitative estimate of drug-likeness (QED) is 0.703. The van der Waals surface area contributed by atoms with Gasteiger partial charge in [0, 0.05) is 6.42 Å². The second-order valence-electron chi connectivity index (χ2n) is 4.46. The minimum absolute atomic E-state index is 0.159. The molecule has 88 valence electrons. The summed E-state index contributed by atoms with van der Waals surface area (Å²) in [6.45, 7) is 8.08. The maximum Gasteiger partial charge on any atom is 0.163 e. The van der Waals surface area contributed by atoms with E-state index >= 15 is 0 Å². The van der Waals surface area contributed by atoms with Gasteiger partial charge in [0.05, 0.1) is 24.4 Å². The average Bonchev–Trinajstić information content (AvgIpc) is 2.59. The summed E-state index contributed by atoms with van der Waals surface area (Å²) in [5.41, 5.74) is 0. The zero-order valence-corrected chi connectivity index (χ0v) is 9.80. The van der Waals surface area contributed by atoms with Crippen molar-refractivity contribution in [3.8, 4) is 0 Å². The van der Waals surface area contributed by atoms with Gasteiger partial charge in [0.15, 0.2) is 12.6 Å². The molecule has 2 saturated heterocycles. The van der Waals surface area contributed by atoms with E-state index in [2.05, 4.69) is 0 Å². The van der Waals surface area contributed by atoms with Crippen molar-refractivity contribution in [1.29, 1.82) is 0 Å². The molecule has 0 N–H and O–H groups in total. The smallest absolute Gasteiger partial charge is 0.163 e. The Bertz CT molecular complexity index is 179. The van der Waals surface area contributed by atoms with E-state index in [4.69, 9.17) is 18.9 Å². The third-order valence-electron chi connectivity index (χ3n) is 3.17. The van der Waals surface area contributed by atoms with Gasteiger partial charge in [-0.25, -0.2) is 0 Å². The Balaban J connectivity index is 1.79. The lowest BCUT2D eigenvalue weighted by molar-refractivity contribution is -0.143. The Kier molecular flexibility index (Phi) is 3.30. The second kappa shape index (κ2) is 4.37. The molecule has 0 aromatic rings. The first-order chi connectivity index (χ1) is 7.06. The van der Waals surface area contributed by atoms with E-state index in [1.807, 2.05) is 27.7 Å². The monoisotopic (exact) mass is 216 g/mol. The minimum Gasteiger partial charge on any atom is -0.347 e. The molecular formula is C11H20O4. The molecule has 0 saturated carbocycles. The highest BCUT2D eigenvalue weighted by molar-refractivity contribution is 4.74. The lowest BCUT2D eigenvalue weighted by Crippen LogP contribution is -2.20. The number of hydrogen-bond acceptors (Lipinski definition) is 4. The number of ether oxygens (including phenoxy) is 4. The molecule has 2 heterocycles. The molecule has 0 unspecified atom stereocenters. The highest BCUT2D eigenvalue weighted by Crippen LogP contribution is 2.27. The first-order valence-corrected chi connectivity index (χ1v) is 5.68. The molecule has 0 aliphatic carbocycles. The first-order valence-electron chi connectivity index (χ1n) is 5.68. The van der Waals surface area contributed by atoms with Crippen LogP contribution >= 0.6 is 0 Å². The van der Waals surface area contributed by atoms with Crippen LogP contribution in [-0.2, 0) is 18.9 Å². The van der Waals surface area contributed by atoms with E-state index in [1.165, 1.54) is 0 Å². The van der Waals surface area contributed by atoms with Gasteiger partial charge in [-0.1, -0.05) is 0 Å². The zero-order valence-electron chi connectivity index (χ0n) is 9.80. The summed E-state index contributed by atoms with van der Waals surface area (Å²) in [6, 6.07) is 0. The van der Waals surface area contributed by atoms with Crippen molar-refractivity contribution in [2.75, 3.05) is 0 Å². The molecule has 0 bridgehead atoms. The van der Waals surface area contributed by atoms with Crippen LogP contribution in [0.2, 0.25) is 0 Å². The van der Waals surface area contributed by atoms with Crippen LogP contribution in [0.25, 0.3) is 0 Å². The molecule has 2 rings (SSSR count). The molecule has 15 heavy (non-hydrogen) atoms. The third kappa shape index (κ3) is 2.50. The van der Waals surface area contributed by atoms with Crippen LogP contribution in [0.5, 0.6) is 0 Å². The standard InChI is InChI=1S/C11H20O4/c1-6-7(2)13-10(12-6)5-11-14-8(3)9(4)15-11/h6-11H,5H2,1-4H3/t6-,7-,8-,9-/m0/s1. The van der Waals surface area contributed by atoms with Crippen molar-refractivity contribution in [3.05, 3.63) is 0 Å². The molecular weight excluding hydrogens is 196 g/mol. The highest BCUT2D eigenvalue weighted by atomic mass is 16.8. The number of rotatable bonds is 2. The van der Waals surface area contributed by atoms with Crippen molar-refractivity contribution in [3.63, 3.8) is 0 Å². The molecule has 2 aliphatic rings. The normalized spacial score (nSPS) is 44.0. The average molecular weight is 216 g/mol. The van der Waals surface area contributed by atoms with Crippen LogP contribution in [-0.4, -0.2) is 37.0 Å². The summed E-state index contributed by atoms with van der Waals surface area (Å²) < 4.78 is 22.5. The van der Waals surface area contributed by atoms with Crippen LogP contribution in [0.4, 0.5) is 0 Å². The number of hydrogen-bond donors (Lipinski definition) is 0. The van der Waals surface area contributed by atoms with E-state index in [1.54, 1.807) is 0 Å². The summed E-state index contributed by atoms with van der Waals surface area (Å²) in [6.07, 6.45) is 0.925. The predicted octanol–water partition coefficient (Wildman–Crippen LogP) is 1.68. The molecule has 2 aliphatic heterocycles. The van der Waals surface area contributed by atoms with E-state index in [0.29, 0.717) is 6.42 Å². The van der Waals surface area contributed by atoms with Crippen molar-refractivity contribution >= 4 is 0 Å². The maximum atomic E-state index is 5.62. The Hall–Kier alpha value is -0.160. The summed E-state index contributed by atoms with van der Waals surface area (Å²) in [7, 11) is 0. The van der Waals surface area contributed by atoms with Gasteiger partial charge >= 0.3 is 0 Å². The fourth-order valence-electron chi connectivity index (χ4n) is 1.84. The van der Waals surface area contributed by atoms with Gasteiger partial charge in [-0.05, 0) is 27.7 Å². The Morgan fingerprint density at radius 1 is 0.600 bits per heavy atom. The van der Waals surface area contributed by atoms with Crippen LogP contribution < -0.4 is 0 Å².